The van der Waals surface area contributed by atoms with Gasteiger partial charge in [0.05, 0.1) is 5.71 Å². The highest BCUT2D eigenvalue weighted by molar-refractivity contribution is 8.05. The highest BCUT2D eigenvalue weighted by Crippen LogP contribution is 2.25. The molecule has 0 fully saturated rings. The Balaban J connectivity index is 2.40. The number of thiocarbonyl (C=S) groups is 1. The van der Waals surface area contributed by atoms with Crippen molar-refractivity contribution in [2.75, 3.05) is 0 Å². The van der Waals surface area contributed by atoms with E-state index in [0.29, 0.717) is 0 Å². The molecule has 2 aliphatic rings. The topological polar surface area (TPSA) is 24.7 Å². The number of aliphatic imine (C=N–C) groups is 2. The number of rotatable bonds is 0. The van der Waals surface area contributed by atoms with Gasteiger partial charge in [-0.15, -0.1) is 11.8 Å². The van der Waals surface area contributed by atoms with Crippen molar-refractivity contribution in [3.63, 3.8) is 0 Å². The van der Waals surface area contributed by atoms with E-state index in [1.165, 1.54) is 6.34 Å². The first kappa shape index (κ1) is 6.24. The molecular formula is C6H4N2S2. The third-order valence-electron chi connectivity index (χ3n) is 1.34. The highest BCUT2D eigenvalue weighted by Gasteiger charge is 2.24. The van der Waals surface area contributed by atoms with Crippen LogP contribution in [-0.2, 0) is 0 Å². The predicted octanol–water partition coefficient (Wildman–Crippen LogP) is 1.43. The number of allylic oxidation sites excluding steroid dienone is 1. The maximum Gasteiger partial charge on any atom is 0.124 e. The maximum atomic E-state index is 5.00. The monoisotopic (exact) mass is 168 g/mol. The van der Waals surface area contributed by atoms with E-state index in [1.807, 2.05) is 11.5 Å². The molecule has 1 unspecified atom stereocenters. The smallest absolute Gasteiger partial charge is 0.124 e. The number of hydrogen-bond donors (Lipinski definition) is 0. The van der Waals surface area contributed by atoms with E-state index in [1.54, 1.807) is 11.8 Å². The Morgan fingerprint density at radius 3 is 3.30 bits per heavy atom. The van der Waals surface area contributed by atoms with Gasteiger partial charge in [0.15, 0.2) is 0 Å². The molecule has 4 heteroatoms. The number of nitrogens with zero attached hydrogens (tertiary/aromatic N) is 2. The van der Waals surface area contributed by atoms with Gasteiger partial charge in [0.2, 0.25) is 0 Å². The molecule has 1 atom stereocenters. The van der Waals surface area contributed by atoms with Gasteiger partial charge < -0.3 is 0 Å². The average Bonchev–Trinajstić information content (AvgIpc) is 2.36. The van der Waals surface area contributed by atoms with Crippen LogP contribution >= 0.6 is 24.0 Å². The lowest BCUT2D eigenvalue weighted by atomic mass is 10.2. The molecule has 2 heterocycles. The van der Waals surface area contributed by atoms with Crippen LogP contribution in [0.5, 0.6) is 0 Å². The molecule has 0 spiro atoms. The van der Waals surface area contributed by atoms with E-state index in [2.05, 4.69) is 9.98 Å². The van der Waals surface area contributed by atoms with E-state index in [-0.39, 0.29) is 5.25 Å². The first-order valence-corrected chi connectivity index (χ1v) is 4.19. The molecule has 0 saturated heterocycles. The van der Waals surface area contributed by atoms with Gasteiger partial charge in [-0.1, -0.05) is 12.2 Å². The minimum absolute atomic E-state index is 0.222. The summed E-state index contributed by atoms with van der Waals surface area (Å²) in [5.41, 5.74) is 1.03. The quantitative estimate of drug-likeness (QED) is 0.511. The Morgan fingerprint density at radius 2 is 2.50 bits per heavy atom. The van der Waals surface area contributed by atoms with Crippen LogP contribution in [0.25, 0.3) is 0 Å². The second-order valence-corrected chi connectivity index (χ2v) is 3.39. The molecule has 0 bridgehead atoms. The van der Waals surface area contributed by atoms with Gasteiger partial charge in [-0.05, 0) is 11.5 Å². The van der Waals surface area contributed by atoms with E-state index in [4.69, 9.17) is 12.2 Å². The first-order chi connectivity index (χ1) is 4.88. The van der Waals surface area contributed by atoms with Crippen molar-refractivity contribution in [3.8, 4) is 0 Å². The Morgan fingerprint density at radius 1 is 1.60 bits per heavy atom. The van der Waals surface area contributed by atoms with Crippen molar-refractivity contribution < 1.29 is 0 Å². The van der Waals surface area contributed by atoms with Gasteiger partial charge in [-0.25, -0.2) is 9.98 Å². The molecule has 0 aromatic rings. The number of hydrogen-bond acceptors (Lipinski definition) is 3. The van der Waals surface area contributed by atoms with Crippen LogP contribution in [-0.4, -0.2) is 22.3 Å². The Labute approximate surface area is 68.1 Å². The fourth-order valence-corrected chi connectivity index (χ4v) is 2.03. The molecule has 0 saturated carbocycles. The Kier molecular flexibility index (Phi) is 1.43. The predicted molar refractivity (Wildman–Crippen MR) is 49.0 cm³/mol. The van der Waals surface area contributed by atoms with E-state index in [0.717, 1.165) is 10.7 Å². The molecule has 10 heavy (non-hydrogen) atoms. The summed E-state index contributed by atoms with van der Waals surface area (Å²) in [4.78, 5) is 8.74. The fraction of sp³-hybridized carbons (Fsp3) is 0.167. The molecule has 0 aromatic heterocycles. The van der Waals surface area contributed by atoms with E-state index in [9.17, 15) is 0 Å². The summed E-state index contributed by atoms with van der Waals surface area (Å²) in [5.74, 6) is 0. The van der Waals surface area contributed by atoms with Gasteiger partial charge >= 0.3 is 0 Å². The number of thioether (sulfide) groups is 1. The van der Waals surface area contributed by atoms with Crippen LogP contribution in [0.1, 0.15) is 0 Å². The summed E-state index contributed by atoms with van der Waals surface area (Å²) in [6.07, 6.45) is 3.50. The molecule has 2 nitrogen and oxygen atoms in total. The van der Waals surface area contributed by atoms with Gasteiger partial charge in [0.25, 0.3) is 0 Å². The highest BCUT2D eigenvalue weighted by atomic mass is 32.2. The molecule has 2 rings (SSSR count). The summed E-state index contributed by atoms with van der Waals surface area (Å²) < 4.78 is 0. The van der Waals surface area contributed by atoms with Crippen LogP contribution in [0.2, 0.25) is 0 Å². The van der Waals surface area contributed by atoms with Crippen LogP contribution < -0.4 is 0 Å². The van der Waals surface area contributed by atoms with Crippen LogP contribution in [0.15, 0.2) is 21.5 Å². The lowest BCUT2D eigenvalue weighted by molar-refractivity contribution is 1.49. The lowest BCUT2D eigenvalue weighted by Crippen LogP contribution is -2.22. The SMILES string of the molecule is S=C1N=CN=C2C=CSC12. The van der Waals surface area contributed by atoms with E-state index < -0.39 is 0 Å². The third-order valence-corrected chi connectivity index (χ3v) is 2.86. The zero-order chi connectivity index (χ0) is 6.97. The largest absolute Gasteiger partial charge is 0.240 e. The van der Waals surface area contributed by atoms with Gasteiger partial charge in [0.1, 0.15) is 16.6 Å². The van der Waals surface area contributed by atoms with Crippen LogP contribution in [0.3, 0.4) is 0 Å². The zero-order valence-corrected chi connectivity index (χ0v) is 6.65. The van der Waals surface area contributed by atoms with Crippen LogP contribution in [0.4, 0.5) is 0 Å². The summed E-state index contributed by atoms with van der Waals surface area (Å²) in [7, 11) is 0. The van der Waals surface area contributed by atoms with Gasteiger partial charge in [-0.3, -0.25) is 0 Å². The molecule has 0 aromatic carbocycles. The summed E-state index contributed by atoms with van der Waals surface area (Å²) in [6.45, 7) is 0. The van der Waals surface area contributed by atoms with E-state index >= 15 is 0 Å². The average molecular weight is 168 g/mol. The normalized spacial score (nSPS) is 28.6. The van der Waals surface area contributed by atoms with Crippen molar-refractivity contribution in [1.82, 2.24) is 0 Å². The zero-order valence-electron chi connectivity index (χ0n) is 5.02. The van der Waals surface area contributed by atoms with Crippen molar-refractivity contribution in [1.29, 1.82) is 0 Å². The number of fused-ring (bicyclic) bond motifs is 1. The molecular weight excluding hydrogens is 164 g/mol. The fourth-order valence-electron chi connectivity index (χ4n) is 0.860. The summed E-state index contributed by atoms with van der Waals surface area (Å²) in [5, 5.41) is 2.23. The molecule has 0 amide bonds. The maximum absolute atomic E-state index is 5.00. The van der Waals surface area contributed by atoms with Gasteiger partial charge in [0, 0.05) is 0 Å². The first-order valence-electron chi connectivity index (χ1n) is 2.84. The minimum Gasteiger partial charge on any atom is -0.240 e. The molecule has 0 N–H and O–H groups in total. The second kappa shape index (κ2) is 2.29. The van der Waals surface area contributed by atoms with Crippen LogP contribution in [0, 0.1) is 0 Å². The summed E-state index contributed by atoms with van der Waals surface area (Å²) in [6, 6.07) is 0. The van der Waals surface area contributed by atoms with Gasteiger partial charge in [-0.2, -0.15) is 0 Å². The van der Waals surface area contributed by atoms with Crippen molar-refractivity contribution in [2.24, 2.45) is 9.98 Å². The second-order valence-electron chi connectivity index (χ2n) is 1.96. The van der Waals surface area contributed by atoms with Crippen molar-refractivity contribution in [2.45, 2.75) is 5.25 Å². The Bertz CT molecular complexity index is 265. The lowest BCUT2D eigenvalue weighted by Gasteiger charge is -2.09. The molecule has 0 aliphatic carbocycles. The Hall–Kier alpha value is -0.480. The molecule has 0 radical (unpaired) electrons. The molecule has 2 aliphatic heterocycles. The minimum atomic E-state index is 0.222. The van der Waals surface area contributed by atoms with Crippen molar-refractivity contribution >= 4 is 41.0 Å². The molecule has 50 valence electrons. The van der Waals surface area contributed by atoms with Crippen molar-refractivity contribution in [3.05, 3.63) is 11.5 Å². The summed E-state index contributed by atoms with van der Waals surface area (Å²) >= 11 is 6.67. The standard InChI is InChI=1S/C6H4N2S2/c9-6-5-4(1-2-10-5)7-3-8-6/h1-3,5H. The third kappa shape index (κ3) is 0.839.